The number of nitrogens with one attached hydrogen (secondary N) is 1. The van der Waals surface area contributed by atoms with Gasteiger partial charge in [-0.25, -0.2) is 0 Å². The number of hydrogen-bond acceptors (Lipinski definition) is 2. The standard InChI is InChI=1S/C25H23ClN2OS/c1-17-6-5-7-19(12-17)14-28-15-24(21-8-3-4-9-23(21)28)30-16-25(29)27-20-11-10-18(2)22(26)13-20/h3-13,15H,14,16H2,1-2H3,(H,27,29). The molecule has 0 fully saturated rings. The zero-order chi connectivity index (χ0) is 21.1. The van der Waals surface area contributed by atoms with Gasteiger partial charge in [-0.3, -0.25) is 4.79 Å². The Hall–Kier alpha value is -2.69. The molecule has 0 atom stereocenters. The number of para-hydroxylation sites is 1. The second-order valence-electron chi connectivity index (χ2n) is 7.43. The molecule has 1 aromatic heterocycles. The van der Waals surface area contributed by atoms with Gasteiger partial charge in [0.1, 0.15) is 0 Å². The van der Waals surface area contributed by atoms with Crippen molar-refractivity contribution in [3.63, 3.8) is 0 Å². The molecule has 4 aromatic rings. The highest BCUT2D eigenvalue weighted by Crippen LogP contribution is 2.31. The third-order valence-corrected chi connectivity index (χ3v) is 6.45. The lowest BCUT2D eigenvalue weighted by molar-refractivity contribution is -0.113. The Bertz CT molecular complexity index is 1210. The average Bonchev–Trinajstić information content (AvgIpc) is 3.07. The van der Waals surface area contributed by atoms with Gasteiger partial charge in [-0.1, -0.05) is 65.7 Å². The van der Waals surface area contributed by atoms with Crippen molar-refractivity contribution in [2.45, 2.75) is 25.3 Å². The normalized spacial score (nSPS) is 11.0. The van der Waals surface area contributed by atoms with Crippen molar-refractivity contribution < 1.29 is 4.79 Å². The molecule has 3 nitrogen and oxygen atoms in total. The lowest BCUT2D eigenvalue weighted by atomic mass is 10.1. The van der Waals surface area contributed by atoms with E-state index in [1.165, 1.54) is 22.0 Å². The minimum absolute atomic E-state index is 0.0459. The Morgan fingerprint density at radius 2 is 1.87 bits per heavy atom. The number of benzene rings is 3. The maximum atomic E-state index is 12.5. The van der Waals surface area contributed by atoms with Crippen LogP contribution in [0.2, 0.25) is 5.02 Å². The molecule has 152 valence electrons. The Morgan fingerprint density at radius 3 is 2.67 bits per heavy atom. The number of aryl methyl sites for hydroxylation is 2. The highest BCUT2D eigenvalue weighted by Gasteiger charge is 2.12. The van der Waals surface area contributed by atoms with Crippen LogP contribution in [0.5, 0.6) is 0 Å². The van der Waals surface area contributed by atoms with E-state index in [4.69, 9.17) is 11.6 Å². The van der Waals surface area contributed by atoms with E-state index in [-0.39, 0.29) is 5.91 Å². The predicted octanol–water partition coefficient (Wildman–Crippen LogP) is 6.69. The first-order chi connectivity index (χ1) is 14.5. The monoisotopic (exact) mass is 434 g/mol. The molecule has 0 aliphatic heterocycles. The van der Waals surface area contributed by atoms with Crippen LogP contribution in [0.3, 0.4) is 0 Å². The van der Waals surface area contributed by atoms with Crippen molar-refractivity contribution in [3.05, 3.63) is 94.6 Å². The molecule has 1 heterocycles. The van der Waals surface area contributed by atoms with Gasteiger partial charge in [-0.15, -0.1) is 11.8 Å². The molecule has 5 heteroatoms. The number of carbonyl (C=O) groups excluding carboxylic acids is 1. The van der Waals surface area contributed by atoms with E-state index in [1.54, 1.807) is 17.8 Å². The van der Waals surface area contributed by atoms with Crippen LogP contribution in [0.15, 0.2) is 77.8 Å². The van der Waals surface area contributed by atoms with E-state index in [1.807, 2.05) is 25.1 Å². The Balaban J connectivity index is 1.50. The van der Waals surface area contributed by atoms with Gasteiger partial charge in [0.15, 0.2) is 0 Å². The van der Waals surface area contributed by atoms with E-state index in [0.717, 1.165) is 22.7 Å². The first kappa shape index (κ1) is 20.6. The Labute approximate surface area is 186 Å². The number of carbonyl (C=O) groups is 1. The van der Waals surface area contributed by atoms with Crippen molar-refractivity contribution in [3.8, 4) is 0 Å². The summed E-state index contributed by atoms with van der Waals surface area (Å²) in [5.41, 5.74) is 5.41. The summed E-state index contributed by atoms with van der Waals surface area (Å²) in [4.78, 5) is 13.6. The molecule has 0 bridgehead atoms. The minimum Gasteiger partial charge on any atom is -0.342 e. The molecular formula is C25H23ClN2OS. The zero-order valence-corrected chi connectivity index (χ0v) is 18.6. The molecule has 0 unspecified atom stereocenters. The van der Waals surface area contributed by atoms with E-state index in [0.29, 0.717) is 10.8 Å². The maximum Gasteiger partial charge on any atom is 0.234 e. The third-order valence-electron chi connectivity index (χ3n) is 5.00. The van der Waals surface area contributed by atoms with Gasteiger partial charge in [0.25, 0.3) is 0 Å². The Morgan fingerprint density at radius 1 is 1.03 bits per heavy atom. The second-order valence-corrected chi connectivity index (χ2v) is 8.85. The van der Waals surface area contributed by atoms with Gasteiger partial charge in [-0.05, 0) is 43.2 Å². The minimum atomic E-state index is -0.0459. The van der Waals surface area contributed by atoms with Gasteiger partial charge in [-0.2, -0.15) is 0 Å². The molecule has 0 aliphatic rings. The summed E-state index contributed by atoms with van der Waals surface area (Å²) in [6, 6.07) is 22.5. The first-order valence-corrected chi connectivity index (χ1v) is 11.2. The summed E-state index contributed by atoms with van der Waals surface area (Å²) < 4.78 is 2.25. The van der Waals surface area contributed by atoms with Gasteiger partial charge >= 0.3 is 0 Å². The topological polar surface area (TPSA) is 34.0 Å². The summed E-state index contributed by atoms with van der Waals surface area (Å²) in [5.74, 6) is 0.291. The summed E-state index contributed by atoms with van der Waals surface area (Å²) in [7, 11) is 0. The third kappa shape index (κ3) is 4.72. The molecule has 0 spiro atoms. The molecular weight excluding hydrogens is 412 g/mol. The highest BCUT2D eigenvalue weighted by molar-refractivity contribution is 8.00. The van der Waals surface area contributed by atoms with Crippen LogP contribution in [0.25, 0.3) is 10.9 Å². The van der Waals surface area contributed by atoms with Crippen LogP contribution in [0.1, 0.15) is 16.7 Å². The zero-order valence-electron chi connectivity index (χ0n) is 17.0. The predicted molar refractivity (Wildman–Crippen MR) is 128 cm³/mol. The largest absolute Gasteiger partial charge is 0.342 e. The second kappa shape index (κ2) is 8.99. The molecule has 0 saturated carbocycles. The van der Waals surface area contributed by atoms with E-state index in [9.17, 15) is 4.79 Å². The van der Waals surface area contributed by atoms with Crippen molar-refractivity contribution in [1.29, 1.82) is 0 Å². The number of rotatable bonds is 6. The summed E-state index contributed by atoms with van der Waals surface area (Å²) >= 11 is 7.71. The molecule has 1 N–H and O–H groups in total. The fourth-order valence-electron chi connectivity index (χ4n) is 3.48. The van der Waals surface area contributed by atoms with Gasteiger partial charge in [0, 0.05) is 39.3 Å². The molecule has 0 radical (unpaired) electrons. The molecule has 4 rings (SSSR count). The van der Waals surface area contributed by atoms with Crippen LogP contribution < -0.4 is 5.32 Å². The van der Waals surface area contributed by atoms with E-state index >= 15 is 0 Å². The fraction of sp³-hybridized carbons (Fsp3) is 0.160. The summed E-state index contributed by atoms with van der Waals surface area (Å²) in [6.07, 6.45) is 2.15. The van der Waals surface area contributed by atoms with Crippen LogP contribution in [0, 0.1) is 13.8 Å². The number of hydrogen-bond donors (Lipinski definition) is 1. The average molecular weight is 435 g/mol. The molecule has 0 saturated heterocycles. The van der Waals surface area contributed by atoms with E-state index < -0.39 is 0 Å². The fourth-order valence-corrected chi connectivity index (χ4v) is 4.55. The number of thioether (sulfide) groups is 1. The lowest BCUT2D eigenvalue weighted by Gasteiger charge is -2.07. The van der Waals surface area contributed by atoms with Crippen molar-refractivity contribution in [2.24, 2.45) is 0 Å². The molecule has 1 amide bonds. The van der Waals surface area contributed by atoms with Crippen LogP contribution in [-0.4, -0.2) is 16.2 Å². The number of anilines is 1. The van der Waals surface area contributed by atoms with Gasteiger partial charge < -0.3 is 9.88 Å². The van der Waals surface area contributed by atoms with Crippen molar-refractivity contribution in [1.82, 2.24) is 4.57 Å². The number of amides is 1. The van der Waals surface area contributed by atoms with Gasteiger partial charge in [0.2, 0.25) is 5.91 Å². The summed E-state index contributed by atoms with van der Waals surface area (Å²) in [6.45, 7) is 4.85. The van der Waals surface area contributed by atoms with Crippen LogP contribution >= 0.6 is 23.4 Å². The van der Waals surface area contributed by atoms with Crippen molar-refractivity contribution >= 4 is 45.9 Å². The van der Waals surface area contributed by atoms with Crippen LogP contribution in [0.4, 0.5) is 5.69 Å². The van der Waals surface area contributed by atoms with E-state index in [2.05, 4.69) is 65.5 Å². The molecule has 0 aliphatic carbocycles. The van der Waals surface area contributed by atoms with Crippen molar-refractivity contribution in [2.75, 3.05) is 11.1 Å². The smallest absolute Gasteiger partial charge is 0.234 e. The lowest BCUT2D eigenvalue weighted by Crippen LogP contribution is -2.13. The molecule has 3 aromatic carbocycles. The number of aromatic nitrogens is 1. The number of fused-ring (bicyclic) bond motifs is 1. The van der Waals surface area contributed by atoms with Crippen LogP contribution in [-0.2, 0) is 11.3 Å². The quantitative estimate of drug-likeness (QED) is 0.343. The summed E-state index contributed by atoms with van der Waals surface area (Å²) in [5, 5.41) is 4.75. The molecule has 30 heavy (non-hydrogen) atoms. The Kier molecular flexibility index (Phi) is 6.16. The highest BCUT2D eigenvalue weighted by atomic mass is 35.5. The number of halogens is 1. The first-order valence-electron chi connectivity index (χ1n) is 9.82. The number of nitrogens with zero attached hydrogens (tertiary/aromatic N) is 1. The SMILES string of the molecule is Cc1cccc(Cn2cc(SCC(=O)Nc3ccc(C)c(Cl)c3)c3ccccc32)c1. The maximum absolute atomic E-state index is 12.5. The van der Waals surface area contributed by atoms with Gasteiger partial charge in [0.05, 0.1) is 5.75 Å².